The van der Waals surface area contributed by atoms with Gasteiger partial charge >= 0.3 is 0 Å². The number of aryl methyl sites for hydroxylation is 3. The van der Waals surface area contributed by atoms with Crippen LogP contribution in [0.1, 0.15) is 54.0 Å². The number of aromatic hydroxyl groups is 1. The van der Waals surface area contributed by atoms with Crippen molar-refractivity contribution in [1.82, 2.24) is 5.43 Å². The van der Waals surface area contributed by atoms with Crippen LogP contribution < -0.4 is 5.43 Å². The number of carbonyl (C=O) groups is 1. The number of hydrazone groups is 1. The molecule has 0 radical (unpaired) electrons. The van der Waals surface area contributed by atoms with Crippen LogP contribution in [0.4, 0.5) is 0 Å². The Morgan fingerprint density at radius 1 is 1.07 bits per heavy atom. The summed E-state index contributed by atoms with van der Waals surface area (Å²) in [5, 5.41) is 13.5. The summed E-state index contributed by atoms with van der Waals surface area (Å²) in [6.07, 6.45) is 2.68. The molecule has 2 aliphatic rings. The maximum atomic E-state index is 12.1. The summed E-state index contributed by atoms with van der Waals surface area (Å²) in [5.41, 5.74) is 10.8. The topological polar surface area (TPSA) is 61.7 Å². The van der Waals surface area contributed by atoms with Crippen LogP contribution in [0.2, 0.25) is 0 Å². The van der Waals surface area contributed by atoms with Crippen molar-refractivity contribution in [2.24, 2.45) is 5.10 Å². The maximum Gasteiger partial charge on any atom is 0.240 e. The first-order valence-electron chi connectivity index (χ1n) is 9.99. The van der Waals surface area contributed by atoms with E-state index in [0.29, 0.717) is 18.8 Å². The zero-order valence-corrected chi connectivity index (χ0v) is 17.5. The number of nitrogens with one attached hydrogen (secondary N) is 1. The molecule has 0 aromatic heterocycles. The predicted octanol–water partition coefficient (Wildman–Crippen LogP) is 5.32. The van der Waals surface area contributed by atoms with Gasteiger partial charge in [-0.3, -0.25) is 4.79 Å². The minimum atomic E-state index is -0.133. The molecule has 2 N–H and O–H groups in total. The Kier molecular flexibility index (Phi) is 6.32. The number of hydrogen-bond acceptors (Lipinski definition) is 3. The van der Waals surface area contributed by atoms with E-state index in [1.807, 2.05) is 12.1 Å². The smallest absolute Gasteiger partial charge is 0.240 e. The molecule has 0 saturated carbocycles. The third-order valence-corrected chi connectivity index (χ3v) is 5.22. The van der Waals surface area contributed by atoms with Gasteiger partial charge in [0.1, 0.15) is 5.75 Å². The van der Waals surface area contributed by atoms with Gasteiger partial charge in [-0.15, -0.1) is 0 Å². The van der Waals surface area contributed by atoms with Crippen molar-refractivity contribution >= 4 is 12.1 Å². The van der Waals surface area contributed by atoms with Gasteiger partial charge in [0.25, 0.3) is 0 Å². The Morgan fingerprint density at radius 3 is 2.48 bits per heavy atom. The summed E-state index contributed by atoms with van der Waals surface area (Å²) in [7, 11) is 0. The summed E-state index contributed by atoms with van der Waals surface area (Å²) >= 11 is 0. The molecule has 0 saturated heterocycles. The van der Waals surface area contributed by atoms with E-state index in [4.69, 9.17) is 0 Å². The fourth-order valence-electron chi connectivity index (χ4n) is 3.49. The number of fused-ring (bicyclic) bond motifs is 1. The van der Waals surface area contributed by atoms with Crippen molar-refractivity contribution in [3.63, 3.8) is 0 Å². The molecule has 29 heavy (non-hydrogen) atoms. The van der Waals surface area contributed by atoms with Crippen molar-refractivity contribution < 1.29 is 9.90 Å². The van der Waals surface area contributed by atoms with Crippen LogP contribution in [-0.2, 0) is 11.2 Å². The summed E-state index contributed by atoms with van der Waals surface area (Å²) in [6.45, 7) is 8.62. The molecule has 0 bridgehead atoms. The van der Waals surface area contributed by atoms with Gasteiger partial charge in [0.15, 0.2) is 0 Å². The highest BCUT2D eigenvalue weighted by Gasteiger charge is 2.15. The molecule has 0 atom stereocenters. The summed E-state index contributed by atoms with van der Waals surface area (Å²) in [6, 6.07) is 15.6. The molecular formula is C25H28N2O2. The van der Waals surface area contributed by atoms with E-state index in [2.05, 4.69) is 62.5 Å². The molecule has 0 unspecified atom stereocenters. The normalized spacial score (nSPS) is 11.5. The SMILES string of the molecule is Cc1cc(C=NNC(=O)CCc2ccc(O)cc2)c2c(C)ccc(C(C)C)cc1-2. The number of hydrogen-bond donors (Lipinski definition) is 2. The number of rotatable bonds is 6. The van der Waals surface area contributed by atoms with Gasteiger partial charge in [0.2, 0.25) is 5.91 Å². The monoisotopic (exact) mass is 388 g/mol. The van der Waals surface area contributed by atoms with Gasteiger partial charge in [-0.1, -0.05) is 44.2 Å². The Bertz CT molecular complexity index is 1000. The van der Waals surface area contributed by atoms with Crippen LogP contribution in [-0.4, -0.2) is 17.2 Å². The molecule has 4 heteroatoms. The van der Waals surface area contributed by atoms with Gasteiger partial charge < -0.3 is 5.11 Å². The number of phenols is 1. The lowest BCUT2D eigenvalue weighted by molar-refractivity contribution is -0.121. The van der Waals surface area contributed by atoms with Gasteiger partial charge in [-0.05, 0) is 77.8 Å². The first kappa shape index (κ1) is 20.6. The average molecular weight is 389 g/mol. The Morgan fingerprint density at radius 2 is 1.79 bits per heavy atom. The quantitative estimate of drug-likeness (QED) is 0.443. The molecule has 2 aliphatic carbocycles. The first-order valence-corrected chi connectivity index (χ1v) is 9.99. The number of carbonyl (C=O) groups excluding carboxylic acids is 1. The van der Waals surface area contributed by atoms with Gasteiger partial charge in [-0.2, -0.15) is 5.10 Å². The van der Waals surface area contributed by atoms with Gasteiger partial charge in [0, 0.05) is 12.0 Å². The standard InChI is InChI=1S/C25H28N2O2/c1-16(2)20-9-5-17(3)25-21(13-18(4)23(25)14-20)15-26-27-24(29)12-8-19-6-10-22(28)11-7-19/h5-7,9-11,13-16,28H,8,12H2,1-4H3,(H,27,29). The van der Waals surface area contributed by atoms with Crippen LogP contribution in [0.25, 0.3) is 11.1 Å². The van der Waals surface area contributed by atoms with Crippen LogP contribution in [0, 0.1) is 13.8 Å². The van der Waals surface area contributed by atoms with Crippen molar-refractivity contribution in [2.75, 3.05) is 0 Å². The number of nitrogens with zero attached hydrogens (tertiary/aromatic N) is 1. The molecule has 0 aliphatic heterocycles. The molecule has 150 valence electrons. The largest absolute Gasteiger partial charge is 0.508 e. The van der Waals surface area contributed by atoms with Crippen molar-refractivity contribution in [3.8, 4) is 16.9 Å². The fraction of sp³-hybridized carbons (Fsp3) is 0.280. The Labute approximate surface area is 172 Å². The number of amides is 1. The first-order chi connectivity index (χ1) is 13.8. The second-order valence-corrected chi connectivity index (χ2v) is 7.85. The Balaban J connectivity index is 1.69. The van der Waals surface area contributed by atoms with E-state index in [0.717, 1.165) is 11.1 Å². The third-order valence-electron chi connectivity index (χ3n) is 5.22. The number of phenolic OH excluding ortho intramolecular Hbond substituents is 1. The summed E-state index contributed by atoms with van der Waals surface area (Å²) in [4.78, 5) is 12.1. The van der Waals surface area contributed by atoms with Crippen LogP contribution in [0.15, 0.2) is 53.6 Å². The van der Waals surface area contributed by atoms with Crippen LogP contribution in [0.3, 0.4) is 0 Å². The highest BCUT2D eigenvalue weighted by atomic mass is 16.3. The molecule has 1 amide bonds. The number of benzene rings is 1. The van der Waals surface area contributed by atoms with E-state index in [1.54, 1.807) is 18.3 Å². The summed E-state index contributed by atoms with van der Waals surface area (Å²) < 4.78 is 0. The average Bonchev–Trinajstić information content (AvgIpc) is 2.87. The third kappa shape index (κ3) is 5.02. The maximum absolute atomic E-state index is 12.1. The van der Waals surface area contributed by atoms with Crippen LogP contribution in [0.5, 0.6) is 5.75 Å². The van der Waals surface area contributed by atoms with Gasteiger partial charge in [-0.25, -0.2) is 5.43 Å². The van der Waals surface area contributed by atoms with E-state index < -0.39 is 0 Å². The molecule has 1 aromatic carbocycles. The van der Waals surface area contributed by atoms with E-state index in [9.17, 15) is 9.90 Å². The lowest BCUT2D eigenvalue weighted by atomic mass is 10.0. The fourth-order valence-corrected chi connectivity index (χ4v) is 3.49. The lowest BCUT2D eigenvalue weighted by Crippen LogP contribution is -2.17. The zero-order chi connectivity index (χ0) is 21.0. The highest BCUT2D eigenvalue weighted by molar-refractivity contribution is 5.95. The molecular weight excluding hydrogens is 360 g/mol. The molecule has 0 heterocycles. The van der Waals surface area contributed by atoms with Gasteiger partial charge in [0.05, 0.1) is 6.21 Å². The van der Waals surface area contributed by atoms with Crippen LogP contribution >= 0.6 is 0 Å². The predicted molar refractivity (Wildman–Crippen MR) is 119 cm³/mol. The van der Waals surface area contributed by atoms with Crippen molar-refractivity contribution in [3.05, 3.63) is 76.3 Å². The molecule has 4 nitrogen and oxygen atoms in total. The molecule has 0 spiro atoms. The highest BCUT2D eigenvalue weighted by Crippen LogP contribution is 2.35. The lowest BCUT2D eigenvalue weighted by Gasteiger charge is -2.04. The molecule has 0 fully saturated rings. The minimum absolute atomic E-state index is 0.133. The van der Waals surface area contributed by atoms with E-state index >= 15 is 0 Å². The second kappa shape index (κ2) is 8.91. The van der Waals surface area contributed by atoms with Crippen molar-refractivity contribution in [1.29, 1.82) is 0 Å². The molecule has 3 rings (SSSR count). The van der Waals surface area contributed by atoms with E-state index in [-0.39, 0.29) is 11.7 Å². The Hall–Kier alpha value is -3.14. The minimum Gasteiger partial charge on any atom is -0.508 e. The van der Waals surface area contributed by atoms with E-state index in [1.165, 1.54) is 27.8 Å². The summed E-state index contributed by atoms with van der Waals surface area (Å²) in [5.74, 6) is 0.555. The van der Waals surface area contributed by atoms with Crippen molar-refractivity contribution in [2.45, 2.75) is 46.5 Å². The zero-order valence-electron chi connectivity index (χ0n) is 17.5. The molecule has 1 aromatic rings. The second-order valence-electron chi connectivity index (χ2n) is 7.85.